The molecule has 0 saturated carbocycles. The topological polar surface area (TPSA) is 79.4 Å². The molecule has 0 atom stereocenters. The minimum Gasteiger partial charge on any atom is -0.491 e. The molecule has 0 aliphatic rings. The molecule has 0 spiro atoms. The highest BCUT2D eigenvalue weighted by Gasteiger charge is 2.18. The summed E-state index contributed by atoms with van der Waals surface area (Å²) in [5, 5.41) is 8.49. The van der Waals surface area contributed by atoms with Crippen LogP contribution in [0.4, 0.5) is 8.78 Å². The van der Waals surface area contributed by atoms with Crippen LogP contribution in [0.3, 0.4) is 0 Å². The van der Waals surface area contributed by atoms with Crippen molar-refractivity contribution in [1.82, 2.24) is 4.98 Å². The highest BCUT2D eigenvalue weighted by molar-refractivity contribution is 5.70. The minimum absolute atomic E-state index is 0.274. The number of ether oxygens (including phenoxy) is 1. The van der Waals surface area contributed by atoms with Crippen LogP contribution in [0.1, 0.15) is 17.7 Å². The second-order valence-corrected chi connectivity index (χ2v) is 2.97. The number of hydrogen-bond acceptors (Lipinski definition) is 3. The van der Waals surface area contributed by atoms with Crippen molar-refractivity contribution in [2.75, 3.05) is 7.11 Å². The maximum Gasteiger partial charge on any atom is 0.309 e. The van der Waals surface area contributed by atoms with Crippen molar-refractivity contribution in [2.45, 2.75) is 12.8 Å². The first kappa shape index (κ1) is 12.2. The fraction of sp³-hybridized carbons (Fsp3) is 0.333. The Kier molecular flexibility index (Phi) is 3.60. The summed E-state index contributed by atoms with van der Waals surface area (Å²) in [7, 11) is 1.16. The van der Waals surface area contributed by atoms with Gasteiger partial charge < -0.3 is 14.8 Å². The SMILES string of the molecule is COc1cc(C(F)F)c(CC(=O)O)[nH]c1=O. The predicted molar refractivity (Wildman–Crippen MR) is 49.9 cm³/mol. The summed E-state index contributed by atoms with van der Waals surface area (Å²) in [4.78, 5) is 23.7. The van der Waals surface area contributed by atoms with Crippen molar-refractivity contribution < 1.29 is 23.4 Å². The van der Waals surface area contributed by atoms with Crippen LogP contribution in [0.25, 0.3) is 0 Å². The van der Waals surface area contributed by atoms with Crippen molar-refractivity contribution in [1.29, 1.82) is 0 Å². The molecule has 0 aliphatic carbocycles. The van der Waals surface area contributed by atoms with Crippen LogP contribution >= 0.6 is 0 Å². The molecule has 1 rings (SSSR count). The Morgan fingerprint density at radius 3 is 2.69 bits per heavy atom. The third-order valence-electron chi connectivity index (χ3n) is 1.91. The summed E-state index contributed by atoms with van der Waals surface area (Å²) < 4.78 is 29.7. The summed E-state index contributed by atoms with van der Waals surface area (Å²) in [6.45, 7) is 0. The number of rotatable bonds is 4. The van der Waals surface area contributed by atoms with Gasteiger partial charge in [0.1, 0.15) is 0 Å². The van der Waals surface area contributed by atoms with Gasteiger partial charge in [0.05, 0.1) is 13.5 Å². The summed E-state index contributed by atoms with van der Waals surface area (Å²) in [5.41, 5.74) is -1.59. The van der Waals surface area contributed by atoms with Crippen LogP contribution in [0.2, 0.25) is 0 Å². The summed E-state index contributed by atoms with van der Waals surface area (Å²) in [6, 6.07) is 0.849. The third-order valence-corrected chi connectivity index (χ3v) is 1.91. The van der Waals surface area contributed by atoms with Gasteiger partial charge in [-0.3, -0.25) is 9.59 Å². The molecule has 2 N–H and O–H groups in total. The van der Waals surface area contributed by atoms with Crippen LogP contribution in [0.15, 0.2) is 10.9 Å². The highest BCUT2D eigenvalue weighted by Crippen LogP contribution is 2.23. The summed E-state index contributed by atoms with van der Waals surface area (Å²) >= 11 is 0. The largest absolute Gasteiger partial charge is 0.491 e. The van der Waals surface area contributed by atoms with E-state index in [4.69, 9.17) is 5.11 Å². The van der Waals surface area contributed by atoms with Gasteiger partial charge in [-0.05, 0) is 6.07 Å². The fourth-order valence-corrected chi connectivity index (χ4v) is 1.21. The van der Waals surface area contributed by atoms with Crippen molar-refractivity contribution in [3.05, 3.63) is 27.7 Å². The number of carbonyl (C=O) groups is 1. The minimum atomic E-state index is -2.87. The number of nitrogens with one attached hydrogen (secondary N) is 1. The van der Waals surface area contributed by atoms with Gasteiger partial charge in [0.25, 0.3) is 12.0 Å². The van der Waals surface area contributed by atoms with Crippen LogP contribution in [0, 0.1) is 0 Å². The molecule has 88 valence electrons. The maximum absolute atomic E-state index is 12.6. The van der Waals surface area contributed by atoms with Gasteiger partial charge in [0.2, 0.25) is 0 Å². The third kappa shape index (κ3) is 2.56. The second-order valence-electron chi connectivity index (χ2n) is 2.97. The molecule has 1 heterocycles. The number of aliphatic carboxylic acids is 1. The number of carboxylic acid groups (broad SMARTS) is 1. The van der Waals surface area contributed by atoms with E-state index in [9.17, 15) is 18.4 Å². The second kappa shape index (κ2) is 4.73. The van der Waals surface area contributed by atoms with E-state index in [1.165, 1.54) is 0 Å². The monoisotopic (exact) mass is 233 g/mol. The molecule has 0 fully saturated rings. The van der Waals surface area contributed by atoms with E-state index in [1.54, 1.807) is 0 Å². The zero-order chi connectivity index (χ0) is 12.3. The van der Waals surface area contributed by atoms with Crippen LogP contribution < -0.4 is 10.3 Å². The Labute approximate surface area is 88.7 Å². The average Bonchev–Trinajstić information content (AvgIpc) is 2.16. The summed E-state index contributed by atoms with van der Waals surface area (Å²) in [6.07, 6.45) is -3.54. The normalized spacial score (nSPS) is 10.5. The van der Waals surface area contributed by atoms with E-state index in [0.29, 0.717) is 0 Å². The van der Waals surface area contributed by atoms with Gasteiger partial charge in [-0.1, -0.05) is 0 Å². The average molecular weight is 233 g/mol. The van der Waals surface area contributed by atoms with Gasteiger partial charge in [-0.2, -0.15) is 0 Å². The van der Waals surface area contributed by atoms with E-state index >= 15 is 0 Å². The Morgan fingerprint density at radius 1 is 1.62 bits per heavy atom. The molecule has 0 unspecified atom stereocenters. The molecule has 5 nitrogen and oxygen atoms in total. The molecule has 1 aromatic heterocycles. The first-order chi connectivity index (χ1) is 7.45. The first-order valence-corrected chi connectivity index (χ1v) is 4.25. The molecular formula is C9H9F2NO4. The van der Waals surface area contributed by atoms with E-state index in [-0.39, 0.29) is 11.4 Å². The van der Waals surface area contributed by atoms with E-state index in [1.807, 2.05) is 0 Å². The molecular weight excluding hydrogens is 224 g/mol. The van der Waals surface area contributed by atoms with Crippen LogP contribution in [0.5, 0.6) is 5.75 Å². The van der Waals surface area contributed by atoms with E-state index < -0.39 is 29.9 Å². The number of hydrogen-bond donors (Lipinski definition) is 2. The predicted octanol–water partition coefficient (Wildman–Crippen LogP) is 0.948. The first-order valence-electron chi connectivity index (χ1n) is 4.25. The zero-order valence-corrected chi connectivity index (χ0v) is 8.29. The van der Waals surface area contributed by atoms with Crippen LogP contribution in [-0.4, -0.2) is 23.2 Å². The van der Waals surface area contributed by atoms with Gasteiger partial charge in [-0.25, -0.2) is 8.78 Å². The summed E-state index contributed by atoms with van der Waals surface area (Å²) in [5.74, 6) is -1.58. The number of alkyl halides is 2. The molecule has 0 radical (unpaired) electrons. The number of aromatic amines is 1. The van der Waals surface area contributed by atoms with Gasteiger partial charge >= 0.3 is 5.97 Å². The fourth-order valence-electron chi connectivity index (χ4n) is 1.21. The van der Waals surface area contributed by atoms with Gasteiger partial charge in [0.15, 0.2) is 5.75 Å². The lowest BCUT2D eigenvalue weighted by molar-refractivity contribution is -0.136. The molecule has 0 amide bonds. The molecule has 1 aromatic rings. The molecule has 16 heavy (non-hydrogen) atoms. The Balaban J connectivity index is 3.30. The van der Waals surface area contributed by atoms with Crippen molar-refractivity contribution in [3.8, 4) is 5.75 Å². The zero-order valence-electron chi connectivity index (χ0n) is 8.29. The standard InChI is InChI=1S/C9H9F2NO4/c1-16-6-2-4(8(10)11)5(3-7(13)14)12-9(6)15/h2,8H,3H2,1H3,(H,12,15)(H,13,14). The maximum atomic E-state index is 12.6. The molecule has 0 aromatic carbocycles. The lowest BCUT2D eigenvalue weighted by atomic mass is 10.1. The van der Waals surface area contributed by atoms with E-state index in [2.05, 4.69) is 9.72 Å². The lowest BCUT2D eigenvalue weighted by Gasteiger charge is -2.08. The number of halogens is 2. The van der Waals surface area contributed by atoms with Crippen molar-refractivity contribution in [2.24, 2.45) is 0 Å². The Hall–Kier alpha value is -1.92. The highest BCUT2D eigenvalue weighted by atomic mass is 19.3. The molecule has 7 heteroatoms. The quantitative estimate of drug-likeness (QED) is 0.811. The molecule has 0 bridgehead atoms. The number of pyridine rings is 1. The number of methoxy groups -OCH3 is 1. The Morgan fingerprint density at radius 2 is 2.25 bits per heavy atom. The van der Waals surface area contributed by atoms with Crippen molar-refractivity contribution in [3.63, 3.8) is 0 Å². The van der Waals surface area contributed by atoms with Gasteiger partial charge in [-0.15, -0.1) is 0 Å². The number of aromatic nitrogens is 1. The number of H-pyrrole nitrogens is 1. The molecule has 0 saturated heterocycles. The lowest BCUT2D eigenvalue weighted by Crippen LogP contribution is -2.16. The van der Waals surface area contributed by atoms with Crippen LogP contribution in [-0.2, 0) is 11.2 Å². The van der Waals surface area contributed by atoms with E-state index in [0.717, 1.165) is 13.2 Å². The number of carboxylic acids is 1. The Bertz CT molecular complexity index is 455. The molecule has 0 aliphatic heterocycles. The van der Waals surface area contributed by atoms with Gasteiger partial charge in [0, 0.05) is 11.3 Å². The smallest absolute Gasteiger partial charge is 0.309 e. The van der Waals surface area contributed by atoms with Crippen molar-refractivity contribution >= 4 is 5.97 Å².